The van der Waals surface area contributed by atoms with Crippen molar-refractivity contribution in [2.75, 3.05) is 7.11 Å². The first-order chi connectivity index (χ1) is 10.2. The molecule has 0 saturated carbocycles. The zero-order chi connectivity index (χ0) is 14.8. The highest BCUT2D eigenvalue weighted by molar-refractivity contribution is 5.93. The van der Waals surface area contributed by atoms with Crippen molar-refractivity contribution < 1.29 is 14.6 Å². The van der Waals surface area contributed by atoms with Crippen molar-refractivity contribution in [3.05, 3.63) is 70.8 Å². The van der Waals surface area contributed by atoms with Gasteiger partial charge < -0.3 is 9.84 Å². The minimum atomic E-state index is -0.347. The van der Waals surface area contributed by atoms with E-state index in [9.17, 15) is 9.90 Å². The van der Waals surface area contributed by atoms with Crippen LogP contribution in [-0.4, -0.2) is 18.2 Å². The number of rotatable bonds is 2. The lowest BCUT2D eigenvalue weighted by Gasteiger charge is -2.19. The summed E-state index contributed by atoms with van der Waals surface area (Å²) in [4.78, 5) is 11.7. The summed E-state index contributed by atoms with van der Waals surface area (Å²) in [6.07, 6.45) is 3.97. The summed E-state index contributed by atoms with van der Waals surface area (Å²) in [5.74, 6) is -0.0971. The van der Waals surface area contributed by atoms with Gasteiger partial charge in [-0.1, -0.05) is 30.3 Å². The van der Waals surface area contributed by atoms with E-state index in [0.29, 0.717) is 5.56 Å². The van der Waals surface area contributed by atoms with E-state index in [0.717, 1.165) is 29.5 Å². The highest BCUT2D eigenvalue weighted by Gasteiger charge is 2.18. The molecule has 1 aliphatic rings. The van der Waals surface area contributed by atoms with Gasteiger partial charge in [0.2, 0.25) is 0 Å². The van der Waals surface area contributed by atoms with E-state index in [1.807, 2.05) is 24.3 Å². The number of methoxy groups -OCH3 is 1. The molecular formula is C18H16O3. The van der Waals surface area contributed by atoms with Crippen molar-refractivity contribution in [2.45, 2.75) is 12.8 Å². The molecule has 2 aromatic rings. The number of aromatic hydroxyl groups is 1. The molecule has 0 unspecified atom stereocenters. The van der Waals surface area contributed by atoms with E-state index in [1.54, 1.807) is 18.2 Å². The lowest BCUT2D eigenvalue weighted by Crippen LogP contribution is -2.06. The molecule has 1 aliphatic carbocycles. The first kappa shape index (κ1) is 13.4. The second-order valence-corrected chi connectivity index (χ2v) is 5.04. The minimum absolute atomic E-state index is 0.250. The molecular weight excluding hydrogens is 264 g/mol. The number of phenolic OH excluding ortho intramolecular Hbond substituents is 1. The van der Waals surface area contributed by atoms with Crippen LogP contribution >= 0.6 is 0 Å². The van der Waals surface area contributed by atoms with Crippen LogP contribution in [0.1, 0.15) is 33.5 Å². The first-order valence-corrected chi connectivity index (χ1v) is 6.91. The van der Waals surface area contributed by atoms with Gasteiger partial charge in [-0.25, -0.2) is 4.79 Å². The number of fused-ring (bicyclic) bond motifs is 1. The Hall–Kier alpha value is -2.55. The van der Waals surface area contributed by atoms with Gasteiger partial charge in [-0.2, -0.15) is 0 Å². The zero-order valence-corrected chi connectivity index (χ0v) is 11.8. The van der Waals surface area contributed by atoms with E-state index in [2.05, 4.69) is 6.08 Å². The maximum atomic E-state index is 11.7. The van der Waals surface area contributed by atoms with Crippen LogP contribution in [0.5, 0.6) is 5.75 Å². The van der Waals surface area contributed by atoms with Crippen LogP contribution < -0.4 is 0 Å². The Kier molecular flexibility index (Phi) is 3.48. The molecule has 0 radical (unpaired) electrons. The number of hydrogen-bond acceptors (Lipinski definition) is 3. The number of aryl methyl sites for hydroxylation is 1. The summed E-state index contributed by atoms with van der Waals surface area (Å²) in [5, 5.41) is 10.1. The van der Waals surface area contributed by atoms with Crippen molar-refractivity contribution in [2.24, 2.45) is 0 Å². The third-order valence-corrected chi connectivity index (χ3v) is 3.78. The van der Waals surface area contributed by atoms with Gasteiger partial charge in [-0.05, 0) is 47.7 Å². The summed E-state index contributed by atoms with van der Waals surface area (Å²) in [7, 11) is 1.38. The van der Waals surface area contributed by atoms with Gasteiger partial charge in [0.15, 0.2) is 0 Å². The fourth-order valence-electron chi connectivity index (χ4n) is 2.73. The molecule has 21 heavy (non-hydrogen) atoms. The topological polar surface area (TPSA) is 46.5 Å². The molecule has 1 N–H and O–H groups in total. The predicted molar refractivity (Wildman–Crippen MR) is 81.3 cm³/mol. The quantitative estimate of drug-likeness (QED) is 0.856. The van der Waals surface area contributed by atoms with Crippen LogP contribution in [0, 0.1) is 0 Å². The summed E-state index contributed by atoms with van der Waals surface area (Å²) >= 11 is 0. The van der Waals surface area contributed by atoms with Gasteiger partial charge in [0.05, 0.1) is 12.7 Å². The highest BCUT2D eigenvalue weighted by atomic mass is 16.5. The van der Waals surface area contributed by atoms with E-state index in [-0.39, 0.29) is 11.7 Å². The molecule has 0 aliphatic heterocycles. The average molecular weight is 280 g/mol. The van der Waals surface area contributed by atoms with Crippen molar-refractivity contribution in [1.29, 1.82) is 0 Å². The Morgan fingerprint density at radius 1 is 1.14 bits per heavy atom. The normalized spacial score (nSPS) is 13.3. The molecule has 3 nitrogen and oxygen atoms in total. The largest absolute Gasteiger partial charge is 0.507 e. The lowest BCUT2D eigenvalue weighted by atomic mass is 9.85. The number of para-hydroxylation sites is 1. The summed E-state index contributed by atoms with van der Waals surface area (Å²) in [6.45, 7) is 0. The van der Waals surface area contributed by atoms with E-state index in [1.165, 1.54) is 12.7 Å². The van der Waals surface area contributed by atoms with Gasteiger partial charge >= 0.3 is 5.97 Å². The summed E-state index contributed by atoms with van der Waals surface area (Å²) < 4.78 is 4.78. The van der Waals surface area contributed by atoms with Crippen LogP contribution in [0.25, 0.3) is 5.57 Å². The maximum Gasteiger partial charge on any atom is 0.337 e. The van der Waals surface area contributed by atoms with Crippen LogP contribution in [0.4, 0.5) is 0 Å². The number of hydrogen-bond donors (Lipinski definition) is 1. The fraction of sp³-hybridized carbons (Fsp3) is 0.167. The Bertz CT molecular complexity index is 729. The van der Waals surface area contributed by atoms with Gasteiger partial charge in [-0.15, -0.1) is 0 Å². The van der Waals surface area contributed by atoms with Gasteiger partial charge in [0, 0.05) is 5.56 Å². The third kappa shape index (κ3) is 2.42. The number of carbonyl (C=O) groups excluding carboxylic acids is 1. The van der Waals surface area contributed by atoms with Gasteiger partial charge in [0.1, 0.15) is 5.75 Å². The molecule has 0 fully saturated rings. The monoisotopic (exact) mass is 280 g/mol. The fourth-order valence-corrected chi connectivity index (χ4v) is 2.73. The van der Waals surface area contributed by atoms with Crippen LogP contribution in [0.3, 0.4) is 0 Å². The molecule has 0 spiro atoms. The van der Waals surface area contributed by atoms with Crippen molar-refractivity contribution in [3.63, 3.8) is 0 Å². The van der Waals surface area contributed by atoms with Crippen LogP contribution in [0.2, 0.25) is 0 Å². The maximum absolute atomic E-state index is 11.7. The number of benzene rings is 2. The number of ether oxygens (including phenoxy) is 1. The highest BCUT2D eigenvalue weighted by Crippen LogP contribution is 2.36. The lowest BCUT2D eigenvalue weighted by molar-refractivity contribution is 0.0600. The number of carbonyl (C=O) groups is 1. The van der Waals surface area contributed by atoms with Crippen molar-refractivity contribution in [3.8, 4) is 5.75 Å². The average Bonchev–Trinajstić information content (AvgIpc) is 2.53. The number of phenols is 1. The standard InChI is InChI=1S/C18H16O3/c1-21-18(20)13-10-9-12-5-4-7-14(16(12)11-13)15-6-2-3-8-17(15)19/h2-3,6-11,19H,4-5H2,1H3. The van der Waals surface area contributed by atoms with Crippen LogP contribution in [0.15, 0.2) is 48.5 Å². The predicted octanol–water partition coefficient (Wildman–Crippen LogP) is 3.56. The zero-order valence-electron chi connectivity index (χ0n) is 11.8. The molecule has 0 saturated heterocycles. The van der Waals surface area contributed by atoms with E-state index >= 15 is 0 Å². The Morgan fingerprint density at radius 2 is 1.95 bits per heavy atom. The van der Waals surface area contributed by atoms with E-state index in [4.69, 9.17) is 4.74 Å². The third-order valence-electron chi connectivity index (χ3n) is 3.78. The van der Waals surface area contributed by atoms with E-state index < -0.39 is 0 Å². The molecule has 0 bridgehead atoms. The Morgan fingerprint density at radius 3 is 2.71 bits per heavy atom. The van der Waals surface area contributed by atoms with Crippen molar-refractivity contribution >= 4 is 11.5 Å². The number of esters is 1. The molecule has 106 valence electrons. The second-order valence-electron chi connectivity index (χ2n) is 5.04. The second kappa shape index (κ2) is 5.44. The molecule has 0 heterocycles. The smallest absolute Gasteiger partial charge is 0.337 e. The molecule has 3 rings (SSSR count). The van der Waals surface area contributed by atoms with Gasteiger partial charge in [-0.3, -0.25) is 0 Å². The van der Waals surface area contributed by atoms with Gasteiger partial charge in [0.25, 0.3) is 0 Å². The Balaban J connectivity index is 2.13. The molecule has 2 aromatic carbocycles. The minimum Gasteiger partial charge on any atom is -0.507 e. The molecule has 0 aromatic heterocycles. The number of allylic oxidation sites excluding steroid dienone is 1. The van der Waals surface area contributed by atoms with Crippen molar-refractivity contribution in [1.82, 2.24) is 0 Å². The molecule has 0 amide bonds. The summed E-state index contributed by atoms with van der Waals surface area (Å²) in [6, 6.07) is 12.9. The molecule has 3 heteroatoms. The first-order valence-electron chi connectivity index (χ1n) is 6.91. The SMILES string of the molecule is COC(=O)c1ccc2c(c1)C(c1ccccc1O)=CCC2. The van der Waals surface area contributed by atoms with Crippen LogP contribution in [-0.2, 0) is 11.2 Å². The molecule has 0 atom stereocenters. The Labute approximate surface area is 123 Å². The summed E-state index contributed by atoms with van der Waals surface area (Å²) in [5.41, 5.74) is 4.47.